The minimum absolute atomic E-state index is 0.0572. The quantitative estimate of drug-likeness (QED) is 0.662. The molecule has 0 aliphatic heterocycles. The number of nitrogens with zero attached hydrogens (tertiary/aromatic N) is 2. The van der Waals surface area contributed by atoms with Gasteiger partial charge < -0.3 is 0 Å². The Morgan fingerprint density at radius 1 is 0.958 bits per heavy atom. The van der Waals surface area contributed by atoms with Gasteiger partial charge in [0, 0.05) is 6.20 Å². The molecule has 0 N–H and O–H groups in total. The van der Waals surface area contributed by atoms with E-state index in [0.717, 1.165) is 5.56 Å². The highest BCUT2D eigenvalue weighted by Crippen LogP contribution is 2.31. The lowest BCUT2D eigenvalue weighted by molar-refractivity contribution is 0.568. The van der Waals surface area contributed by atoms with Gasteiger partial charge in [-0.3, -0.25) is 4.98 Å². The highest BCUT2D eigenvalue weighted by molar-refractivity contribution is 5.88. The van der Waals surface area contributed by atoms with Gasteiger partial charge >= 0.3 is 0 Å². The van der Waals surface area contributed by atoms with Crippen LogP contribution in [-0.2, 0) is 10.8 Å². The largest absolute Gasteiger partial charge is 0.256 e. The number of nitriles is 1. The Morgan fingerprint density at radius 2 is 1.54 bits per heavy atom. The van der Waals surface area contributed by atoms with Crippen molar-refractivity contribution in [2.24, 2.45) is 0 Å². The molecule has 0 saturated heterocycles. The first-order valence-corrected chi connectivity index (χ1v) is 8.30. The normalized spacial score (nSPS) is 12.8. The number of pyridine rings is 1. The van der Waals surface area contributed by atoms with Gasteiger partial charge in [-0.15, -0.1) is 0 Å². The van der Waals surface area contributed by atoms with Crippen molar-refractivity contribution >= 4 is 11.6 Å². The van der Waals surface area contributed by atoms with Gasteiger partial charge in [-0.25, -0.2) is 0 Å². The van der Waals surface area contributed by atoms with Crippen molar-refractivity contribution in [3.63, 3.8) is 0 Å². The van der Waals surface area contributed by atoms with Gasteiger partial charge in [-0.1, -0.05) is 65.8 Å². The van der Waals surface area contributed by atoms with E-state index in [1.54, 1.807) is 6.20 Å². The van der Waals surface area contributed by atoms with Crippen LogP contribution in [0.2, 0.25) is 0 Å². The van der Waals surface area contributed by atoms with Crippen molar-refractivity contribution in [1.29, 1.82) is 5.26 Å². The third-order valence-electron chi connectivity index (χ3n) is 4.06. The molecule has 2 rings (SSSR count). The number of benzene rings is 1. The van der Waals surface area contributed by atoms with Crippen LogP contribution in [0.25, 0.3) is 11.6 Å². The Hall–Kier alpha value is -2.40. The van der Waals surface area contributed by atoms with Gasteiger partial charge in [-0.2, -0.15) is 5.26 Å². The van der Waals surface area contributed by atoms with Crippen molar-refractivity contribution in [3.8, 4) is 6.07 Å². The lowest BCUT2D eigenvalue weighted by atomic mass is 9.79. The number of hydrogen-bond donors (Lipinski definition) is 0. The summed E-state index contributed by atoms with van der Waals surface area (Å²) in [6.07, 6.45) is 3.65. The number of rotatable bonds is 2. The molecule has 0 radical (unpaired) electrons. The average Bonchev–Trinajstić information content (AvgIpc) is 2.51. The first-order chi connectivity index (χ1) is 11.1. The van der Waals surface area contributed by atoms with Crippen LogP contribution >= 0.6 is 0 Å². The molecule has 2 nitrogen and oxygen atoms in total. The second-order valence-electron chi connectivity index (χ2n) is 8.23. The molecule has 0 aliphatic carbocycles. The van der Waals surface area contributed by atoms with Crippen molar-refractivity contribution in [2.75, 3.05) is 0 Å². The summed E-state index contributed by atoms with van der Waals surface area (Å²) in [5.41, 5.74) is 5.01. The van der Waals surface area contributed by atoms with Crippen LogP contribution < -0.4 is 0 Å². The summed E-state index contributed by atoms with van der Waals surface area (Å²) in [7, 11) is 0. The topological polar surface area (TPSA) is 36.7 Å². The fraction of sp³-hybridized carbons (Fsp3) is 0.364. The minimum Gasteiger partial charge on any atom is -0.256 e. The Balaban J connectivity index is 2.61. The van der Waals surface area contributed by atoms with Crippen LogP contribution in [0, 0.1) is 11.3 Å². The van der Waals surface area contributed by atoms with E-state index >= 15 is 0 Å². The van der Waals surface area contributed by atoms with E-state index in [2.05, 4.69) is 70.8 Å². The zero-order valence-corrected chi connectivity index (χ0v) is 15.5. The minimum atomic E-state index is 0.0572. The Kier molecular flexibility index (Phi) is 4.94. The van der Waals surface area contributed by atoms with Crippen LogP contribution in [0.4, 0.5) is 0 Å². The molecule has 1 heterocycles. The van der Waals surface area contributed by atoms with Crippen LogP contribution in [0.1, 0.15) is 63.9 Å². The molecule has 0 aliphatic rings. The smallest absolute Gasteiger partial charge is 0.101 e. The summed E-state index contributed by atoms with van der Waals surface area (Å²) < 4.78 is 0. The van der Waals surface area contributed by atoms with Gasteiger partial charge in [-0.05, 0) is 45.7 Å². The van der Waals surface area contributed by atoms with E-state index in [4.69, 9.17) is 0 Å². The predicted octanol–water partition coefficient (Wildman–Crippen LogP) is 5.74. The fourth-order valence-corrected chi connectivity index (χ4v) is 2.45. The maximum atomic E-state index is 9.54. The molecule has 0 spiro atoms. The fourth-order valence-electron chi connectivity index (χ4n) is 2.45. The zero-order chi connectivity index (χ0) is 18.0. The van der Waals surface area contributed by atoms with Gasteiger partial charge in [0.05, 0.1) is 11.3 Å². The highest BCUT2D eigenvalue weighted by atomic mass is 14.7. The van der Waals surface area contributed by atoms with Crippen molar-refractivity contribution < 1.29 is 0 Å². The van der Waals surface area contributed by atoms with Crippen LogP contribution in [-0.4, -0.2) is 4.98 Å². The zero-order valence-electron chi connectivity index (χ0n) is 15.5. The van der Waals surface area contributed by atoms with Crippen LogP contribution in [0.3, 0.4) is 0 Å². The molecule has 0 saturated carbocycles. The van der Waals surface area contributed by atoms with Gasteiger partial charge in [0.2, 0.25) is 0 Å². The molecule has 0 fully saturated rings. The van der Waals surface area contributed by atoms with E-state index in [0.29, 0.717) is 11.3 Å². The van der Waals surface area contributed by atoms with E-state index in [-0.39, 0.29) is 10.8 Å². The third kappa shape index (κ3) is 4.32. The summed E-state index contributed by atoms with van der Waals surface area (Å²) in [5, 5.41) is 9.54. The first kappa shape index (κ1) is 17.9. The van der Waals surface area contributed by atoms with Crippen molar-refractivity contribution in [3.05, 3.63) is 65.0 Å². The third-order valence-corrected chi connectivity index (χ3v) is 4.06. The van der Waals surface area contributed by atoms with Gasteiger partial charge in [0.1, 0.15) is 6.07 Å². The number of hydrogen-bond acceptors (Lipinski definition) is 2. The van der Waals surface area contributed by atoms with Crippen LogP contribution in [0.5, 0.6) is 0 Å². The first-order valence-electron chi connectivity index (χ1n) is 8.30. The van der Waals surface area contributed by atoms with Crippen molar-refractivity contribution in [1.82, 2.24) is 4.98 Å². The maximum absolute atomic E-state index is 9.54. The molecule has 0 atom stereocenters. The molecule has 0 amide bonds. The molecular weight excluding hydrogens is 292 g/mol. The number of aromatic nitrogens is 1. The summed E-state index contributed by atoms with van der Waals surface area (Å²) in [6, 6.07) is 14.5. The predicted molar refractivity (Wildman–Crippen MR) is 102 cm³/mol. The monoisotopic (exact) mass is 318 g/mol. The van der Waals surface area contributed by atoms with Crippen molar-refractivity contribution in [2.45, 2.75) is 52.4 Å². The maximum Gasteiger partial charge on any atom is 0.101 e. The molecular formula is C22H26N2. The Bertz CT molecular complexity index is 747. The molecule has 2 heteroatoms. The summed E-state index contributed by atoms with van der Waals surface area (Å²) in [6.45, 7) is 13.3. The van der Waals surface area contributed by atoms with E-state index in [9.17, 15) is 5.26 Å². The average molecular weight is 318 g/mol. The molecule has 2 aromatic rings. The second-order valence-corrected chi connectivity index (χ2v) is 8.23. The highest BCUT2D eigenvalue weighted by Gasteiger charge is 2.20. The summed E-state index contributed by atoms with van der Waals surface area (Å²) in [5.74, 6) is 0. The second kappa shape index (κ2) is 6.61. The molecule has 24 heavy (non-hydrogen) atoms. The van der Waals surface area contributed by atoms with E-state index in [1.807, 2.05) is 24.3 Å². The summed E-state index contributed by atoms with van der Waals surface area (Å²) >= 11 is 0. The van der Waals surface area contributed by atoms with E-state index in [1.165, 1.54) is 11.1 Å². The molecule has 1 aromatic heterocycles. The molecule has 1 aromatic carbocycles. The standard InChI is InChI=1S/C22H26N2/c1-21(2,3)18-12-16(13-19(14-18)22(4,5)6)11-17(15-23)20-9-7-8-10-24-20/h7-14H,1-6H3/b17-11+. The van der Waals surface area contributed by atoms with Gasteiger partial charge in [0.15, 0.2) is 0 Å². The van der Waals surface area contributed by atoms with E-state index < -0.39 is 0 Å². The SMILES string of the molecule is CC(C)(C)c1cc(/C=C(\C#N)c2ccccn2)cc(C(C)(C)C)c1. The lowest BCUT2D eigenvalue weighted by Crippen LogP contribution is -2.16. The molecule has 0 bridgehead atoms. The van der Waals surface area contributed by atoms with Gasteiger partial charge in [0.25, 0.3) is 0 Å². The lowest BCUT2D eigenvalue weighted by Gasteiger charge is -2.25. The molecule has 124 valence electrons. The molecule has 0 unspecified atom stereocenters. The Morgan fingerprint density at radius 3 is 1.96 bits per heavy atom. The number of allylic oxidation sites excluding steroid dienone is 1. The summed E-state index contributed by atoms with van der Waals surface area (Å²) in [4.78, 5) is 4.30. The Labute approximate surface area is 145 Å². The van der Waals surface area contributed by atoms with Crippen LogP contribution in [0.15, 0.2) is 42.6 Å².